The van der Waals surface area contributed by atoms with Gasteiger partial charge in [0.1, 0.15) is 23.3 Å². The van der Waals surface area contributed by atoms with Crippen LogP contribution in [0.2, 0.25) is 0 Å². The Labute approximate surface area is 112 Å². The van der Waals surface area contributed by atoms with Gasteiger partial charge in [0.2, 0.25) is 0 Å². The number of hydrogen-bond acceptors (Lipinski definition) is 6. The van der Waals surface area contributed by atoms with Crippen molar-refractivity contribution >= 4 is 17.6 Å². The predicted octanol–water partition coefficient (Wildman–Crippen LogP) is 1.12. The molecule has 5 nitrogen and oxygen atoms in total. The fourth-order valence-corrected chi connectivity index (χ4v) is 2.82. The topological polar surface area (TPSA) is 64.8 Å². The second-order valence-electron chi connectivity index (χ2n) is 4.17. The van der Waals surface area contributed by atoms with Crippen molar-refractivity contribution in [2.24, 2.45) is 0 Å². The van der Waals surface area contributed by atoms with Gasteiger partial charge in [-0.2, -0.15) is 17.0 Å². The number of thioether (sulfide) groups is 1. The van der Waals surface area contributed by atoms with Crippen molar-refractivity contribution in [2.75, 3.05) is 43.0 Å². The van der Waals surface area contributed by atoms with Gasteiger partial charge in [-0.05, 0) is 6.92 Å². The highest BCUT2D eigenvalue weighted by Gasteiger charge is 2.10. The van der Waals surface area contributed by atoms with Gasteiger partial charge >= 0.3 is 0 Å². The lowest BCUT2D eigenvalue weighted by atomic mass is 10.3. The smallest absolute Gasteiger partial charge is 0.147 e. The van der Waals surface area contributed by atoms with Gasteiger partial charge in [0.25, 0.3) is 0 Å². The summed E-state index contributed by atoms with van der Waals surface area (Å²) in [5.41, 5.74) is 0.509. The molecule has 0 bridgehead atoms. The summed E-state index contributed by atoms with van der Waals surface area (Å²) in [6.07, 6.45) is 1.57. The molecule has 0 radical (unpaired) electrons. The largest absolute Gasteiger partial charge is 0.368 e. The number of rotatable bonds is 4. The van der Waals surface area contributed by atoms with Gasteiger partial charge in [0, 0.05) is 37.7 Å². The summed E-state index contributed by atoms with van der Waals surface area (Å²) in [5.74, 6) is 3.77. The maximum atomic E-state index is 8.97. The van der Waals surface area contributed by atoms with E-state index in [0.717, 1.165) is 26.2 Å². The quantitative estimate of drug-likeness (QED) is 0.878. The molecule has 2 rings (SSSR count). The first-order valence-electron chi connectivity index (χ1n) is 6.07. The van der Waals surface area contributed by atoms with Gasteiger partial charge in [-0.25, -0.2) is 9.97 Å². The number of aryl methyl sites for hydroxylation is 1. The summed E-state index contributed by atoms with van der Waals surface area (Å²) in [5, 5.41) is 12.2. The Hall–Kier alpha value is -1.32. The van der Waals surface area contributed by atoms with Gasteiger partial charge in [-0.15, -0.1) is 0 Å². The summed E-state index contributed by atoms with van der Waals surface area (Å²) in [6.45, 7) is 5.94. The number of nitrogens with zero attached hydrogens (tertiary/aromatic N) is 4. The van der Waals surface area contributed by atoms with Crippen LogP contribution in [-0.4, -0.2) is 52.6 Å². The third-order valence-corrected chi connectivity index (χ3v) is 3.80. The molecule has 1 N–H and O–H groups in total. The van der Waals surface area contributed by atoms with Gasteiger partial charge in [-0.1, -0.05) is 0 Å². The number of nitrogens with one attached hydrogen (secondary N) is 1. The lowest BCUT2D eigenvalue weighted by Crippen LogP contribution is -2.36. The Kier molecular flexibility index (Phi) is 4.79. The van der Waals surface area contributed by atoms with Crippen molar-refractivity contribution in [3.05, 3.63) is 17.6 Å². The molecule has 1 saturated heterocycles. The van der Waals surface area contributed by atoms with Crippen LogP contribution in [0.15, 0.2) is 6.20 Å². The lowest BCUT2D eigenvalue weighted by Gasteiger charge is -2.26. The number of anilines is 1. The van der Waals surface area contributed by atoms with Crippen molar-refractivity contribution < 1.29 is 0 Å². The molecule has 1 aliphatic heterocycles. The molecule has 1 aromatic rings. The first-order chi connectivity index (χ1) is 8.79. The van der Waals surface area contributed by atoms with Crippen molar-refractivity contribution in [3.8, 4) is 6.07 Å². The molecule has 0 saturated carbocycles. The molecule has 0 unspecified atom stereocenters. The molecule has 0 amide bonds. The molecule has 0 atom stereocenters. The lowest BCUT2D eigenvalue weighted by molar-refractivity contribution is 0.314. The van der Waals surface area contributed by atoms with Crippen molar-refractivity contribution in [1.29, 1.82) is 5.26 Å². The molecule has 1 aliphatic rings. The molecule has 0 aliphatic carbocycles. The molecule has 0 spiro atoms. The molecule has 1 fully saturated rings. The van der Waals surface area contributed by atoms with E-state index in [4.69, 9.17) is 5.26 Å². The van der Waals surface area contributed by atoms with Crippen LogP contribution < -0.4 is 5.32 Å². The third kappa shape index (κ3) is 3.59. The molecule has 2 heterocycles. The van der Waals surface area contributed by atoms with Crippen molar-refractivity contribution in [1.82, 2.24) is 14.9 Å². The van der Waals surface area contributed by atoms with E-state index in [9.17, 15) is 0 Å². The fraction of sp³-hybridized carbons (Fsp3) is 0.583. The van der Waals surface area contributed by atoms with Gasteiger partial charge in [0.15, 0.2) is 0 Å². The van der Waals surface area contributed by atoms with Crippen LogP contribution >= 0.6 is 11.8 Å². The first-order valence-corrected chi connectivity index (χ1v) is 7.23. The second kappa shape index (κ2) is 6.57. The normalized spacial score (nSPS) is 16.2. The minimum Gasteiger partial charge on any atom is -0.368 e. The molecule has 0 aromatic carbocycles. The molecule has 6 heteroatoms. The summed E-state index contributed by atoms with van der Waals surface area (Å²) in [4.78, 5) is 10.7. The highest BCUT2D eigenvalue weighted by molar-refractivity contribution is 7.99. The van der Waals surface area contributed by atoms with Crippen LogP contribution in [0.25, 0.3) is 0 Å². The summed E-state index contributed by atoms with van der Waals surface area (Å²) < 4.78 is 0. The minimum atomic E-state index is 0.509. The van der Waals surface area contributed by atoms with Crippen LogP contribution in [0.1, 0.15) is 11.4 Å². The zero-order valence-electron chi connectivity index (χ0n) is 10.5. The van der Waals surface area contributed by atoms with E-state index in [1.54, 1.807) is 6.20 Å². The van der Waals surface area contributed by atoms with E-state index in [2.05, 4.69) is 26.3 Å². The van der Waals surface area contributed by atoms with Gasteiger partial charge in [0.05, 0.1) is 6.20 Å². The Morgan fingerprint density at radius 1 is 1.50 bits per heavy atom. The summed E-state index contributed by atoms with van der Waals surface area (Å²) in [6, 6.07) is 2.11. The highest BCUT2D eigenvalue weighted by atomic mass is 32.2. The van der Waals surface area contributed by atoms with E-state index < -0.39 is 0 Å². The molecular formula is C12H17N5S. The maximum Gasteiger partial charge on any atom is 0.147 e. The van der Waals surface area contributed by atoms with Crippen LogP contribution in [0.4, 0.5) is 5.82 Å². The van der Waals surface area contributed by atoms with Crippen molar-refractivity contribution in [2.45, 2.75) is 6.92 Å². The summed E-state index contributed by atoms with van der Waals surface area (Å²) in [7, 11) is 0. The van der Waals surface area contributed by atoms with E-state index in [1.807, 2.05) is 18.7 Å². The zero-order chi connectivity index (χ0) is 12.8. The van der Waals surface area contributed by atoms with Crippen LogP contribution in [0, 0.1) is 18.3 Å². The Morgan fingerprint density at radius 2 is 2.28 bits per heavy atom. The second-order valence-corrected chi connectivity index (χ2v) is 5.40. The standard InChI is InChI=1S/C12H17N5S/c1-10-15-9-11(8-13)12(16-10)14-2-3-17-4-6-18-7-5-17/h9H,2-7H2,1H3,(H,14,15,16). The van der Waals surface area contributed by atoms with Gasteiger partial charge in [-0.3, -0.25) is 4.90 Å². The third-order valence-electron chi connectivity index (χ3n) is 2.85. The van der Waals surface area contributed by atoms with Gasteiger partial charge < -0.3 is 5.32 Å². The van der Waals surface area contributed by atoms with Crippen molar-refractivity contribution in [3.63, 3.8) is 0 Å². The Bertz CT molecular complexity index is 437. The number of nitriles is 1. The molecular weight excluding hydrogens is 246 g/mol. The highest BCUT2D eigenvalue weighted by Crippen LogP contribution is 2.11. The SMILES string of the molecule is Cc1ncc(C#N)c(NCCN2CCSCC2)n1. The average Bonchev–Trinajstić information content (AvgIpc) is 2.40. The maximum absolute atomic E-state index is 8.97. The molecule has 18 heavy (non-hydrogen) atoms. The monoisotopic (exact) mass is 263 g/mol. The van der Waals surface area contributed by atoms with Crippen LogP contribution in [0.5, 0.6) is 0 Å². The number of hydrogen-bond donors (Lipinski definition) is 1. The molecule has 1 aromatic heterocycles. The minimum absolute atomic E-state index is 0.509. The zero-order valence-corrected chi connectivity index (χ0v) is 11.3. The van der Waals surface area contributed by atoms with E-state index in [1.165, 1.54) is 11.5 Å². The Morgan fingerprint density at radius 3 is 3.00 bits per heavy atom. The predicted molar refractivity (Wildman–Crippen MR) is 73.7 cm³/mol. The van der Waals surface area contributed by atoms with E-state index >= 15 is 0 Å². The van der Waals surface area contributed by atoms with Crippen LogP contribution in [0.3, 0.4) is 0 Å². The number of aromatic nitrogens is 2. The van der Waals surface area contributed by atoms with E-state index in [0.29, 0.717) is 17.2 Å². The van der Waals surface area contributed by atoms with Crippen LogP contribution in [-0.2, 0) is 0 Å². The molecule has 96 valence electrons. The van der Waals surface area contributed by atoms with E-state index in [-0.39, 0.29) is 0 Å². The fourth-order valence-electron chi connectivity index (χ4n) is 1.84. The summed E-state index contributed by atoms with van der Waals surface area (Å²) >= 11 is 2.01. The Balaban J connectivity index is 1.86. The average molecular weight is 263 g/mol. The first kappa shape index (κ1) is 13.1.